The molecule has 1 aliphatic heterocycles. The third-order valence-corrected chi connectivity index (χ3v) is 3.76. The van der Waals surface area contributed by atoms with Crippen molar-refractivity contribution < 1.29 is 0 Å². The predicted octanol–water partition coefficient (Wildman–Crippen LogP) is 2.90. The van der Waals surface area contributed by atoms with Gasteiger partial charge >= 0.3 is 0 Å². The molecule has 104 valence electrons. The number of hydrogen-bond acceptors (Lipinski definition) is 4. The molecule has 0 amide bonds. The highest BCUT2D eigenvalue weighted by molar-refractivity contribution is 5.45. The molecule has 1 aromatic carbocycles. The summed E-state index contributed by atoms with van der Waals surface area (Å²) in [6.07, 6.45) is 4.81. The Balaban J connectivity index is 1.72. The van der Waals surface area contributed by atoms with E-state index in [1.807, 2.05) is 6.20 Å². The fourth-order valence-electron chi connectivity index (χ4n) is 2.74. The zero-order valence-corrected chi connectivity index (χ0v) is 11.8. The molecule has 4 heteroatoms. The van der Waals surface area contributed by atoms with Crippen molar-refractivity contribution >= 4 is 11.6 Å². The van der Waals surface area contributed by atoms with Crippen molar-refractivity contribution in [3.05, 3.63) is 48.3 Å². The van der Waals surface area contributed by atoms with Gasteiger partial charge in [0.2, 0.25) is 0 Å². The highest BCUT2D eigenvalue weighted by Crippen LogP contribution is 2.29. The third kappa shape index (κ3) is 2.74. The van der Waals surface area contributed by atoms with Gasteiger partial charge in [-0.25, -0.2) is 4.98 Å². The van der Waals surface area contributed by atoms with Crippen molar-refractivity contribution in [1.82, 2.24) is 9.97 Å². The fraction of sp³-hybridized carbons (Fsp3) is 0.375. The van der Waals surface area contributed by atoms with Crippen LogP contribution >= 0.6 is 0 Å². The molecular weight excluding hydrogens is 248 g/mol. The second-order valence-corrected chi connectivity index (χ2v) is 5.14. The van der Waals surface area contributed by atoms with Crippen molar-refractivity contribution in [2.75, 3.05) is 29.9 Å². The highest BCUT2D eigenvalue weighted by atomic mass is 15.2. The molecule has 2 heterocycles. The van der Waals surface area contributed by atoms with Crippen LogP contribution in [0.2, 0.25) is 0 Å². The summed E-state index contributed by atoms with van der Waals surface area (Å²) in [6, 6.07) is 10.7. The Morgan fingerprint density at radius 2 is 2.10 bits per heavy atom. The van der Waals surface area contributed by atoms with Crippen LogP contribution in [0.4, 0.5) is 11.6 Å². The third-order valence-electron chi connectivity index (χ3n) is 3.76. The van der Waals surface area contributed by atoms with E-state index in [9.17, 15) is 0 Å². The number of nitrogens with zero attached hydrogens (tertiary/aromatic N) is 3. The first kappa shape index (κ1) is 12.9. The molecule has 1 saturated heterocycles. The minimum absolute atomic E-state index is 0.598. The molecule has 0 aliphatic carbocycles. The normalized spacial score (nSPS) is 18.2. The summed E-state index contributed by atoms with van der Waals surface area (Å²) < 4.78 is 0. The van der Waals surface area contributed by atoms with Gasteiger partial charge in [-0.15, -0.1) is 0 Å². The number of aromatic nitrogens is 2. The van der Waals surface area contributed by atoms with E-state index in [0.717, 1.165) is 31.3 Å². The van der Waals surface area contributed by atoms with Crippen molar-refractivity contribution in [2.24, 2.45) is 0 Å². The number of rotatable bonds is 4. The molecule has 0 radical (unpaired) electrons. The predicted molar refractivity (Wildman–Crippen MR) is 82.2 cm³/mol. The second-order valence-electron chi connectivity index (χ2n) is 5.14. The molecule has 1 atom stereocenters. The molecule has 20 heavy (non-hydrogen) atoms. The summed E-state index contributed by atoms with van der Waals surface area (Å²) in [6.45, 7) is 5.00. The molecule has 1 fully saturated rings. The lowest BCUT2D eigenvalue weighted by Crippen LogP contribution is -2.21. The van der Waals surface area contributed by atoms with Gasteiger partial charge in [0, 0.05) is 25.6 Å². The van der Waals surface area contributed by atoms with E-state index in [2.05, 4.69) is 57.4 Å². The molecule has 0 bridgehead atoms. The first-order valence-electron chi connectivity index (χ1n) is 7.22. The summed E-state index contributed by atoms with van der Waals surface area (Å²) in [5.41, 5.74) is 1.42. The quantitative estimate of drug-likeness (QED) is 0.925. The summed E-state index contributed by atoms with van der Waals surface area (Å²) >= 11 is 0. The van der Waals surface area contributed by atoms with Crippen LogP contribution in [0.25, 0.3) is 0 Å². The minimum atomic E-state index is 0.598. The van der Waals surface area contributed by atoms with Crippen molar-refractivity contribution in [3.8, 4) is 0 Å². The van der Waals surface area contributed by atoms with Crippen LogP contribution in [0.3, 0.4) is 0 Å². The zero-order chi connectivity index (χ0) is 13.8. The van der Waals surface area contributed by atoms with E-state index in [1.165, 1.54) is 12.0 Å². The maximum atomic E-state index is 4.62. The van der Waals surface area contributed by atoms with Crippen LogP contribution in [0.5, 0.6) is 0 Å². The van der Waals surface area contributed by atoms with E-state index in [0.29, 0.717) is 5.92 Å². The van der Waals surface area contributed by atoms with Gasteiger partial charge in [0.1, 0.15) is 11.6 Å². The maximum Gasteiger partial charge on any atom is 0.149 e. The first-order chi connectivity index (χ1) is 9.86. The smallest absolute Gasteiger partial charge is 0.149 e. The largest absolute Gasteiger partial charge is 0.369 e. The Bertz CT molecular complexity index is 555. The van der Waals surface area contributed by atoms with Crippen LogP contribution in [0.1, 0.15) is 24.8 Å². The van der Waals surface area contributed by atoms with Crippen molar-refractivity contribution in [3.63, 3.8) is 0 Å². The Labute approximate surface area is 119 Å². The summed E-state index contributed by atoms with van der Waals surface area (Å²) in [5, 5.41) is 3.21. The van der Waals surface area contributed by atoms with Crippen LogP contribution in [-0.2, 0) is 0 Å². The molecular formula is C16H20N4. The van der Waals surface area contributed by atoms with Crippen molar-refractivity contribution in [2.45, 2.75) is 19.3 Å². The molecule has 1 aliphatic rings. The Morgan fingerprint density at radius 3 is 2.90 bits per heavy atom. The van der Waals surface area contributed by atoms with Crippen LogP contribution in [-0.4, -0.2) is 29.6 Å². The average molecular weight is 268 g/mol. The number of anilines is 2. The fourth-order valence-corrected chi connectivity index (χ4v) is 2.74. The first-order valence-corrected chi connectivity index (χ1v) is 7.22. The van der Waals surface area contributed by atoms with E-state index < -0.39 is 0 Å². The van der Waals surface area contributed by atoms with Gasteiger partial charge < -0.3 is 10.2 Å². The van der Waals surface area contributed by atoms with Crippen LogP contribution < -0.4 is 10.2 Å². The Hall–Kier alpha value is -2.10. The molecule has 1 unspecified atom stereocenters. The zero-order valence-electron chi connectivity index (χ0n) is 11.8. The van der Waals surface area contributed by atoms with Crippen LogP contribution in [0.15, 0.2) is 42.7 Å². The van der Waals surface area contributed by atoms with Gasteiger partial charge in [0.05, 0.1) is 12.4 Å². The molecule has 4 nitrogen and oxygen atoms in total. The van der Waals surface area contributed by atoms with Gasteiger partial charge in [-0.3, -0.25) is 4.98 Å². The average Bonchev–Trinajstić information content (AvgIpc) is 2.99. The molecule has 1 N–H and O–H groups in total. The SMILES string of the molecule is CCNc1cncc(N2CCC(c3ccccc3)C2)n1. The number of hydrogen-bond donors (Lipinski definition) is 1. The van der Waals surface area contributed by atoms with E-state index in [4.69, 9.17) is 0 Å². The second kappa shape index (κ2) is 5.90. The Kier molecular flexibility index (Phi) is 3.81. The molecule has 2 aromatic rings. The van der Waals surface area contributed by atoms with Crippen molar-refractivity contribution in [1.29, 1.82) is 0 Å². The number of benzene rings is 1. The highest BCUT2D eigenvalue weighted by Gasteiger charge is 2.24. The van der Waals surface area contributed by atoms with Gasteiger partial charge in [0.25, 0.3) is 0 Å². The van der Waals surface area contributed by atoms with Gasteiger partial charge in [-0.2, -0.15) is 0 Å². The van der Waals surface area contributed by atoms with Crippen LogP contribution in [0, 0.1) is 0 Å². The summed E-state index contributed by atoms with van der Waals surface area (Å²) in [4.78, 5) is 11.2. The monoisotopic (exact) mass is 268 g/mol. The molecule has 0 spiro atoms. The van der Waals surface area contributed by atoms with E-state index >= 15 is 0 Å². The lowest BCUT2D eigenvalue weighted by molar-refractivity contribution is 0.774. The minimum Gasteiger partial charge on any atom is -0.369 e. The molecule has 0 saturated carbocycles. The standard InChI is InChI=1S/C16H20N4/c1-2-18-15-10-17-11-16(19-15)20-9-8-14(12-20)13-6-4-3-5-7-13/h3-7,10-11,14H,2,8-9,12H2,1H3,(H,18,19). The molecule has 1 aromatic heterocycles. The maximum absolute atomic E-state index is 4.62. The van der Waals surface area contributed by atoms with E-state index in [1.54, 1.807) is 6.20 Å². The van der Waals surface area contributed by atoms with Gasteiger partial charge in [-0.05, 0) is 18.9 Å². The summed E-state index contributed by atoms with van der Waals surface area (Å²) in [7, 11) is 0. The topological polar surface area (TPSA) is 41.1 Å². The van der Waals surface area contributed by atoms with Gasteiger partial charge in [-0.1, -0.05) is 30.3 Å². The lowest BCUT2D eigenvalue weighted by atomic mass is 9.99. The summed E-state index contributed by atoms with van der Waals surface area (Å²) in [5.74, 6) is 2.43. The van der Waals surface area contributed by atoms with E-state index in [-0.39, 0.29) is 0 Å². The lowest BCUT2D eigenvalue weighted by Gasteiger charge is -2.18. The molecule has 3 rings (SSSR count). The number of nitrogens with one attached hydrogen (secondary N) is 1. The Morgan fingerprint density at radius 1 is 1.25 bits per heavy atom. The van der Waals surface area contributed by atoms with Gasteiger partial charge in [0.15, 0.2) is 0 Å².